The topological polar surface area (TPSA) is 66.5 Å². The molecule has 0 saturated carbocycles. The molecule has 0 aliphatic carbocycles. The second-order valence-electron chi connectivity index (χ2n) is 6.17. The van der Waals surface area contributed by atoms with Gasteiger partial charge in [0, 0.05) is 29.8 Å². The van der Waals surface area contributed by atoms with Gasteiger partial charge in [-0.05, 0) is 57.7 Å². The monoisotopic (exact) mass is 424 g/mol. The van der Waals surface area contributed by atoms with Crippen molar-refractivity contribution >= 4 is 37.5 Å². The third kappa shape index (κ3) is 4.48. The molecule has 0 atom stereocenters. The van der Waals surface area contributed by atoms with Crippen molar-refractivity contribution in [2.45, 2.75) is 24.7 Å². The fourth-order valence-corrected chi connectivity index (χ4v) is 4.06. The van der Waals surface area contributed by atoms with E-state index < -0.39 is 10.0 Å². The predicted octanol–water partition coefficient (Wildman–Crippen LogP) is 4.08. The van der Waals surface area contributed by atoms with Crippen molar-refractivity contribution in [3.8, 4) is 0 Å². The van der Waals surface area contributed by atoms with Crippen LogP contribution in [0.4, 0.5) is 5.69 Å². The molecular formula is C18H21BrN2O3S. The van der Waals surface area contributed by atoms with Crippen molar-refractivity contribution in [3.05, 3.63) is 58.1 Å². The zero-order valence-electron chi connectivity index (χ0n) is 14.6. The maximum absolute atomic E-state index is 12.5. The Morgan fingerprint density at radius 1 is 1.12 bits per heavy atom. The van der Waals surface area contributed by atoms with Crippen LogP contribution in [0.25, 0.3) is 0 Å². The molecule has 0 saturated heterocycles. The maximum Gasteiger partial charge on any atom is 0.255 e. The van der Waals surface area contributed by atoms with Gasteiger partial charge in [-0.3, -0.25) is 4.79 Å². The van der Waals surface area contributed by atoms with Crippen LogP contribution in [-0.2, 0) is 10.0 Å². The van der Waals surface area contributed by atoms with Crippen molar-refractivity contribution in [2.24, 2.45) is 0 Å². The summed E-state index contributed by atoms with van der Waals surface area (Å²) in [6.45, 7) is 4.15. The van der Waals surface area contributed by atoms with Gasteiger partial charge in [-0.1, -0.05) is 26.0 Å². The minimum absolute atomic E-state index is 0.0566. The zero-order valence-corrected chi connectivity index (χ0v) is 17.0. The highest BCUT2D eigenvalue weighted by Crippen LogP contribution is 2.26. The minimum atomic E-state index is -3.65. The molecule has 2 aromatic rings. The van der Waals surface area contributed by atoms with Crippen LogP contribution in [-0.4, -0.2) is 32.7 Å². The highest BCUT2D eigenvalue weighted by atomic mass is 79.9. The fraction of sp³-hybridized carbons (Fsp3) is 0.278. The average Bonchev–Trinajstić information content (AvgIpc) is 2.55. The Morgan fingerprint density at radius 3 is 2.40 bits per heavy atom. The molecule has 0 aliphatic rings. The van der Waals surface area contributed by atoms with E-state index >= 15 is 0 Å². The van der Waals surface area contributed by atoms with Gasteiger partial charge < -0.3 is 5.32 Å². The molecule has 2 rings (SSSR count). The van der Waals surface area contributed by atoms with E-state index in [1.807, 2.05) is 18.2 Å². The highest BCUT2D eigenvalue weighted by molar-refractivity contribution is 9.10. The van der Waals surface area contributed by atoms with Gasteiger partial charge >= 0.3 is 0 Å². The Balaban J connectivity index is 2.33. The first-order valence-electron chi connectivity index (χ1n) is 7.76. The number of carbonyl (C=O) groups excluding carboxylic acids is 1. The van der Waals surface area contributed by atoms with Crippen molar-refractivity contribution in [3.63, 3.8) is 0 Å². The number of amides is 1. The first-order valence-corrected chi connectivity index (χ1v) is 9.99. The third-order valence-electron chi connectivity index (χ3n) is 3.76. The summed E-state index contributed by atoms with van der Waals surface area (Å²) in [7, 11) is -0.747. The zero-order chi connectivity index (χ0) is 18.8. The average molecular weight is 425 g/mol. The predicted molar refractivity (Wildman–Crippen MR) is 103 cm³/mol. The van der Waals surface area contributed by atoms with E-state index in [-0.39, 0.29) is 16.4 Å². The molecule has 2 aromatic carbocycles. The summed E-state index contributed by atoms with van der Waals surface area (Å²) in [5.41, 5.74) is 2.07. The van der Waals surface area contributed by atoms with Crippen LogP contribution in [0.2, 0.25) is 0 Å². The molecule has 0 aliphatic heterocycles. The van der Waals surface area contributed by atoms with Gasteiger partial charge in [-0.15, -0.1) is 0 Å². The van der Waals surface area contributed by atoms with E-state index in [1.165, 1.54) is 20.2 Å². The van der Waals surface area contributed by atoms with E-state index in [9.17, 15) is 13.2 Å². The molecule has 7 heteroatoms. The Hall–Kier alpha value is -1.70. The van der Waals surface area contributed by atoms with Crippen LogP contribution >= 0.6 is 15.9 Å². The lowest BCUT2D eigenvalue weighted by molar-refractivity contribution is 0.102. The Kier molecular flexibility index (Phi) is 6.03. The number of nitrogens with zero attached hydrogens (tertiary/aromatic N) is 1. The number of sulfonamides is 1. The highest BCUT2D eigenvalue weighted by Gasteiger charge is 2.22. The first-order chi connectivity index (χ1) is 11.6. The molecular weight excluding hydrogens is 404 g/mol. The second-order valence-corrected chi connectivity index (χ2v) is 9.14. The Morgan fingerprint density at radius 2 is 1.80 bits per heavy atom. The molecule has 0 aromatic heterocycles. The number of halogens is 1. The second kappa shape index (κ2) is 7.68. The number of anilines is 1. The summed E-state index contributed by atoms with van der Waals surface area (Å²) in [4.78, 5) is 12.6. The number of carbonyl (C=O) groups is 1. The normalized spacial score (nSPS) is 11.8. The van der Waals surface area contributed by atoms with Crippen molar-refractivity contribution in [1.82, 2.24) is 4.31 Å². The summed E-state index contributed by atoms with van der Waals surface area (Å²) >= 11 is 3.24. The van der Waals surface area contributed by atoms with Crippen LogP contribution in [0.1, 0.15) is 35.7 Å². The van der Waals surface area contributed by atoms with Gasteiger partial charge in [-0.2, -0.15) is 0 Å². The number of rotatable bonds is 5. The van der Waals surface area contributed by atoms with E-state index in [4.69, 9.17) is 0 Å². The molecule has 5 nitrogen and oxygen atoms in total. The number of hydrogen-bond donors (Lipinski definition) is 1. The lowest BCUT2D eigenvalue weighted by atomic mass is 10.0. The van der Waals surface area contributed by atoms with E-state index in [1.54, 1.807) is 18.2 Å². The quantitative estimate of drug-likeness (QED) is 0.785. The molecule has 0 fully saturated rings. The van der Waals surface area contributed by atoms with Gasteiger partial charge in [0.15, 0.2) is 0 Å². The molecule has 25 heavy (non-hydrogen) atoms. The van der Waals surface area contributed by atoms with Gasteiger partial charge in [0.2, 0.25) is 10.0 Å². The lowest BCUT2D eigenvalue weighted by Crippen LogP contribution is -2.23. The largest absolute Gasteiger partial charge is 0.322 e. The molecule has 0 spiro atoms. The van der Waals surface area contributed by atoms with Crippen LogP contribution in [0.3, 0.4) is 0 Å². The maximum atomic E-state index is 12.5. The molecule has 0 unspecified atom stereocenters. The molecule has 1 N–H and O–H groups in total. The summed E-state index contributed by atoms with van der Waals surface area (Å²) < 4.78 is 26.3. The SMILES string of the molecule is CC(C)c1cccc(NC(=O)c2ccc(Br)c(S(=O)(=O)N(C)C)c2)c1. The summed E-state index contributed by atoms with van der Waals surface area (Å²) in [6, 6.07) is 12.1. The van der Waals surface area contributed by atoms with Crippen molar-refractivity contribution in [1.29, 1.82) is 0 Å². The van der Waals surface area contributed by atoms with Gasteiger partial charge in [0.05, 0.1) is 4.90 Å². The van der Waals surface area contributed by atoms with Gasteiger partial charge in [0.1, 0.15) is 0 Å². The van der Waals surface area contributed by atoms with Gasteiger partial charge in [0.25, 0.3) is 5.91 Å². The summed E-state index contributed by atoms with van der Waals surface area (Å²) in [5, 5.41) is 2.82. The van der Waals surface area contributed by atoms with E-state index in [2.05, 4.69) is 35.1 Å². The van der Waals surface area contributed by atoms with Crippen LogP contribution in [0, 0.1) is 0 Å². The Bertz CT molecular complexity index is 893. The number of hydrogen-bond acceptors (Lipinski definition) is 3. The smallest absolute Gasteiger partial charge is 0.255 e. The minimum Gasteiger partial charge on any atom is -0.322 e. The third-order valence-corrected chi connectivity index (χ3v) is 6.57. The molecule has 0 bridgehead atoms. The number of benzene rings is 2. The van der Waals surface area contributed by atoms with Crippen LogP contribution in [0.5, 0.6) is 0 Å². The standard InChI is InChI=1S/C18H21BrN2O3S/c1-12(2)13-6-5-7-15(10-13)20-18(22)14-8-9-16(19)17(11-14)25(23,24)21(3)4/h5-12H,1-4H3,(H,20,22). The van der Waals surface area contributed by atoms with E-state index in [0.29, 0.717) is 16.1 Å². The van der Waals surface area contributed by atoms with E-state index in [0.717, 1.165) is 9.87 Å². The fourth-order valence-electron chi connectivity index (χ4n) is 2.22. The summed E-state index contributed by atoms with van der Waals surface area (Å²) in [5.74, 6) is -0.00928. The van der Waals surface area contributed by atoms with Gasteiger partial charge in [-0.25, -0.2) is 12.7 Å². The van der Waals surface area contributed by atoms with Crippen molar-refractivity contribution < 1.29 is 13.2 Å². The lowest BCUT2D eigenvalue weighted by Gasteiger charge is -2.14. The molecule has 1 amide bonds. The van der Waals surface area contributed by atoms with Crippen LogP contribution < -0.4 is 5.32 Å². The molecule has 134 valence electrons. The number of nitrogens with one attached hydrogen (secondary N) is 1. The Labute approximate surface area is 157 Å². The van der Waals surface area contributed by atoms with Crippen LogP contribution in [0.15, 0.2) is 51.8 Å². The summed E-state index contributed by atoms with van der Waals surface area (Å²) in [6.07, 6.45) is 0. The first kappa shape index (κ1) is 19.6. The van der Waals surface area contributed by atoms with Crippen molar-refractivity contribution in [2.75, 3.05) is 19.4 Å². The molecule has 0 radical (unpaired) electrons. The molecule has 0 heterocycles.